The van der Waals surface area contributed by atoms with Crippen LogP contribution in [0.2, 0.25) is 0 Å². The second-order valence-electron chi connectivity index (χ2n) is 4.64. The van der Waals surface area contributed by atoms with Crippen molar-refractivity contribution in [2.24, 2.45) is 7.05 Å². The molecule has 0 aliphatic heterocycles. The number of thiophene rings is 1. The van der Waals surface area contributed by atoms with Crippen LogP contribution in [0.15, 0.2) is 44.1 Å². The number of nitrogens with zero attached hydrogens (tertiary/aromatic N) is 2. The van der Waals surface area contributed by atoms with Gasteiger partial charge in [0, 0.05) is 22.8 Å². The fourth-order valence-electron chi connectivity index (χ4n) is 2.11. The Labute approximate surface area is 144 Å². The molecule has 0 aliphatic carbocycles. The maximum absolute atomic E-state index is 12.3. The molecule has 4 nitrogen and oxygen atoms in total. The van der Waals surface area contributed by atoms with Gasteiger partial charge < -0.3 is 4.74 Å². The first-order chi connectivity index (χ1) is 10.6. The molecule has 2 aromatic heterocycles. The third-order valence-corrected chi connectivity index (χ3v) is 5.64. The molecule has 0 N–H and O–H groups in total. The van der Waals surface area contributed by atoms with Gasteiger partial charge in [-0.3, -0.25) is 9.36 Å². The minimum absolute atomic E-state index is 0.00467. The quantitative estimate of drug-likeness (QED) is 0.492. The molecule has 0 saturated heterocycles. The van der Waals surface area contributed by atoms with E-state index in [1.54, 1.807) is 18.7 Å². The van der Waals surface area contributed by atoms with Crippen LogP contribution >= 0.6 is 39.0 Å². The van der Waals surface area contributed by atoms with Gasteiger partial charge in [0.25, 0.3) is 5.56 Å². The predicted molar refractivity (Wildman–Crippen MR) is 95.1 cm³/mol. The summed E-state index contributed by atoms with van der Waals surface area (Å²) < 4.78 is 7.98. The van der Waals surface area contributed by atoms with Crippen molar-refractivity contribution in [2.75, 3.05) is 7.11 Å². The van der Waals surface area contributed by atoms with Crippen LogP contribution in [0.1, 0.15) is 5.56 Å². The van der Waals surface area contributed by atoms with Gasteiger partial charge in [-0.15, -0.1) is 11.3 Å². The highest BCUT2D eigenvalue weighted by atomic mass is 79.9. The molecule has 0 saturated carbocycles. The van der Waals surface area contributed by atoms with Crippen molar-refractivity contribution in [3.63, 3.8) is 0 Å². The summed E-state index contributed by atoms with van der Waals surface area (Å²) in [5, 5.41) is 3.28. The molecule has 0 unspecified atom stereocenters. The molecule has 2 heterocycles. The zero-order valence-corrected chi connectivity index (χ0v) is 15.2. The number of benzene rings is 1. The lowest BCUT2D eigenvalue weighted by Crippen LogP contribution is -2.19. The molecule has 0 spiro atoms. The molecule has 0 atom stereocenters. The van der Waals surface area contributed by atoms with E-state index in [1.807, 2.05) is 29.6 Å². The number of aromatic nitrogens is 2. The lowest BCUT2D eigenvalue weighted by Gasteiger charge is -2.10. The highest BCUT2D eigenvalue weighted by Crippen LogP contribution is 2.30. The lowest BCUT2D eigenvalue weighted by molar-refractivity contribution is 0.411. The highest BCUT2D eigenvalue weighted by Gasteiger charge is 2.11. The summed E-state index contributed by atoms with van der Waals surface area (Å²) in [6.07, 6.45) is 0. The number of rotatable bonds is 4. The molecule has 0 bridgehead atoms. The minimum Gasteiger partial charge on any atom is -0.496 e. The molecule has 1 aromatic carbocycles. The Morgan fingerprint density at radius 1 is 1.41 bits per heavy atom. The Hall–Kier alpha value is -1.31. The number of halogens is 1. The Balaban J connectivity index is 1.93. The van der Waals surface area contributed by atoms with Crippen molar-refractivity contribution < 1.29 is 4.74 Å². The van der Waals surface area contributed by atoms with Gasteiger partial charge in [-0.25, -0.2) is 4.98 Å². The second kappa shape index (κ2) is 6.44. The van der Waals surface area contributed by atoms with E-state index in [9.17, 15) is 4.79 Å². The molecule has 22 heavy (non-hydrogen) atoms. The van der Waals surface area contributed by atoms with Crippen molar-refractivity contribution in [3.05, 3.63) is 50.0 Å². The Morgan fingerprint density at radius 3 is 3.00 bits per heavy atom. The summed E-state index contributed by atoms with van der Waals surface area (Å²) in [4.78, 5) is 17.6. The van der Waals surface area contributed by atoms with Crippen LogP contribution in [0.25, 0.3) is 10.2 Å². The zero-order valence-electron chi connectivity index (χ0n) is 12.0. The molecule has 114 valence electrons. The van der Waals surface area contributed by atoms with Crippen molar-refractivity contribution in [3.8, 4) is 5.75 Å². The number of ether oxygens (including phenoxy) is 1. The molecule has 0 aliphatic rings. The summed E-state index contributed by atoms with van der Waals surface area (Å²) in [5.41, 5.74) is 1.05. The third kappa shape index (κ3) is 2.93. The van der Waals surface area contributed by atoms with Gasteiger partial charge in [0.2, 0.25) is 0 Å². The van der Waals surface area contributed by atoms with E-state index >= 15 is 0 Å². The summed E-state index contributed by atoms with van der Waals surface area (Å²) in [7, 11) is 3.41. The van der Waals surface area contributed by atoms with E-state index in [4.69, 9.17) is 4.74 Å². The summed E-state index contributed by atoms with van der Waals surface area (Å²) in [6.45, 7) is 0. The smallest absolute Gasteiger partial charge is 0.262 e. The number of thioether (sulfide) groups is 1. The lowest BCUT2D eigenvalue weighted by atomic mass is 10.2. The fourth-order valence-corrected chi connectivity index (χ4v) is 4.27. The van der Waals surface area contributed by atoms with Gasteiger partial charge in [0.15, 0.2) is 5.16 Å². The average Bonchev–Trinajstić information content (AvgIpc) is 2.98. The van der Waals surface area contributed by atoms with Gasteiger partial charge in [-0.1, -0.05) is 27.7 Å². The van der Waals surface area contributed by atoms with E-state index in [1.165, 1.54) is 23.1 Å². The van der Waals surface area contributed by atoms with Crippen molar-refractivity contribution in [1.29, 1.82) is 0 Å². The van der Waals surface area contributed by atoms with Crippen LogP contribution in [0.4, 0.5) is 0 Å². The van der Waals surface area contributed by atoms with E-state index in [0.29, 0.717) is 16.3 Å². The van der Waals surface area contributed by atoms with Crippen LogP contribution in [-0.2, 0) is 12.8 Å². The van der Waals surface area contributed by atoms with Gasteiger partial charge in [-0.05, 0) is 29.6 Å². The first-order valence-corrected chi connectivity index (χ1v) is 9.15. The standard InChI is InChI=1S/C15H13BrN2O2S2/c1-18-14(19)11-5-6-21-13(11)17-15(18)22-8-9-7-10(16)3-4-12(9)20-2/h3-7H,8H2,1-2H3. The van der Waals surface area contributed by atoms with Crippen LogP contribution in [0.5, 0.6) is 5.75 Å². The number of fused-ring (bicyclic) bond motifs is 1. The largest absolute Gasteiger partial charge is 0.496 e. The third-order valence-electron chi connectivity index (χ3n) is 3.26. The Morgan fingerprint density at radius 2 is 2.23 bits per heavy atom. The molecule has 0 fully saturated rings. The van der Waals surface area contributed by atoms with Crippen molar-refractivity contribution >= 4 is 49.2 Å². The van der Waals surface area contributed by atoms with Gasteiger partial charge in [0.05, 0.1) is 12.5 Å². The first-order valence-electron chi connectivity index (χ1n) is 6.49. The summed E-state index contributed by atoms with van der Waals surface area (Å²) in [6, 6.07) is 7.71. The normalized spacial score (nSPS) is 11.0. The summed E-state index contributed by atoms with van der Waals surface area (Å²) >= 11 is 6.49. The monoisotopic (exact) mass is 396 g/mol. The molecule has 3 aromatic rings. The molecular formula is C15H13BrN2O2S2. The number of hydrogen-bond donors (Lipinski definition) is 0. The Kier molecular flexibility index (Phi) is 4.56. The van der Waals surface area contributed by atoms with Crippen molar-refractivity contribution in [2.45, 2.75) is 10.9 Å². The zero-order chi connectivity index (χ0) is 15.7. The van der Waals surface area contributed by atoms with Crippen molar-refractivity contribution in [1.82, 2.24) is 9.55 Å². The van der Waals surface area contributed by atoms with Crippen LogP contribution in [0, 0.1) is 0 Å². The van der Waals surface area contributed by atoms with Gasteiger partial charge in [-0.2, -0.15) is 0 Å². The molecule has 3 rings (SSSR count). The minimum atomic E-state index is -0.00467. The highest BCUT2D eigenvalue weighted by molar-refractivity contribution is 9.10. The second-order valence-corrected chi connectivity index (χ2v) is 7.40. The van der Waals surface area contributed by atoms with E-state index in [-0.39, 0.29) is 5.56 Å². The van der Waals surface area contributed by atoms with E-state index in [0.717, 1.165) is 20.6 Å². The van der Waals surface area contributed by atoms with Gasteiger partial charge >= 0.3 is 0 Å². The number of methoxy groups -OCH3 is 1. The van der Waals surface area contributed by atoms with Gasteiger partial charge in [0.1, 0.15) is 10.6 Å². The van der Waals surface area contributed by atoms with E-state index < -0.39 is 0 Å². The maximum atomic E-state index is 12.3. The topological polar surface area (TPSA) is 44.1 Å². The number of hydrogen-bond acceptors (Lipinski definition) is 5. The predicted octanol–water partition coefficient (Wildman–Crippen LogP) is 4.06. The summed E-state index contributed by atoms with van der Waals surface area (Å²) in [5.74, 6) is 1.51. The molecular weight excluding hydrogens is 384 g/mol. The SMILES string of the molecule is COc1ccc(Br)cc1CSc1nc2sccc2c(=O)n1C. The van der Waals surface area contributed by atoms with Crippen LogP contribution in [0.3, 0.4) is 0 Å². The maximum Gasteiger partial charge on any atom is 0.262 e. The van der Waals surface area contributed by atoms with Crippen LogP contribution < -0.4 is 10.3 Å². The van der Waals surface area contributed by atoms with E-state index in [2.05, 4.69) is 20.9 Å². The Bertz CT molecular complexity index is 889. The molecule has 0 radical (unpaired) electrons. The average molecular weight is 397 g/mol. The molecule has 7 heteroatoms. The molecule has 0 amide bonds. The fraction of sp³-hybridized carbons (Fsp3) is 0.200. The van der Waals surface area contributed by atoms with Crippen LogP contribution in [-0.4, -0.2) is 16.7 Å². The first kappa shape index (κ1) is 15.6.